The van der Waals surface area contributed by atoms with Gasteiger partial charge in [0.05, 0.1) is 0 Å². The van der Waals surface area contributed by atoms with Crippen molar-refractivity contribution in [2.75, 3.05) is 13.1 Å². The van der Waals surface area contributed by atoms with Crippen molar-refractivity contribution < 1.29 is 4.79 Å². The van der Waals surface area contributed by atoms with E-state index in [1.165, 1.54) is 6.42 Å². The van der Waals surface area contributed by atoms with Crippen molar-refractivity contribution >= 4 is 5.91 Å². The summed E-state index contributed by atoms with van der Waals surface area (Å²) in [6.45, 7) is 8.56. The first-order chi connectivity index (χ1) is 6.29. The summed E-state index contributed by atoms with van der Waals surface area (Å²) in [7, 11) is 0. The highest BCUT2D eigenvalue weighted by molar-refractivity contribution is 5.79. The Kier molecular flexibility index (Phi) is 3.74. The van der Waals surface area contributed by atoms with Crippen molar-refractivity contribution in [2.24, 2.45) is 5.92 Å². The maximum absolute atomic E-state index is 11.7. The third-order valence-electron chi connectivity index (χ3n) is 2.47. The number of carbonyl (C=O) groups is 1. The highest BCUT2D eigenvalue weighted by Crippen LogP contribution is 2.28. The van der Waals surface area contributed by atoms with Crippen molar-refractivity contribution in [3.63, 3.8) is 0 Å². The molecule has 2 heteroatoms. The van der Waals surface area contributed by atoms with E-state index in [9.17, 15) is 4.79 Å². The van der Waals surface area contributed by atoms with Gasteiger partial charge in [0.15, 0.2) is 0 Å². The lowest BCUT2D eigenvalue weighted by atomic mass is 9.84. The predicted octanol–water partition coefficient (Wildman–Crippen LogP) is 1.99. The predicted molar refractivity (Wildman–Crippen MR) is 54.3 cm³/mol. The average molecular weight is 179 g/mol. The molecule has 1 rings (SSSR count). The van der Waals surface area contributed by atoms with Gasteiger partial charge in [-0.05, 0) is 12.8 Å². The van der Waals surface area contributed by atoms with Crippen LogP contribution in [0.5, 0.6) is 0 Å². The first-order valence-corrected chi connectivity index (χ1v) is 4.80. The van der Waals surface area contributed by atoms with Crippen LogP contribution in [0, 0.1) is 5.92 Å². The number of nitrogens with zero attached hydrogens (tertiary/aromatic N) is 1. The molecule has 0 aromatic rings. The summed E-state index contributed by atoms with van der Waals surface area (Å²) < 4.78 is 0. The molecule has 0 aromatic heterocycles. The molecule has 0 atom stereocenters. The zero-order chi connectivity index (χ0) is 9.68. The summed E-state index contributed by atoms with van der Waals surface area (Å²) in [5.41, 5.74) is 0. The van der Waals surface area contributed by atoms with Gasteiger partial charge in [0.1, 0.15) is 0 Å². The molecule has 72 valence electrons. The number of carbonyl (C=O) groups excluding carboxylic acids is 1. The van der Waals surface area contributed by atoms with Crippen LogP contribution in [0.3, 0.4) is 0 Å². The summed E-state index contributed by atoms with van der Waals surface area (Å²) in [5.74, 6) is 0.547. The Balaban J connectivity index is 2.45. The van der Waals surface area contributed by atoms with Crippen LogP contribution >= 0.6 is 0 Å². The Bertz CT molecular complexity index is 196. The van der Waals surface area contributed by atoms with Gasteiger partial charge in [-0.3, -0.25) is 4.79 Å². The quantitative estimate of drug-likeness (QED) is 0.591. The Morgan fingerprint density at radius 2 is 1.85 bits per heavy atom. The smallest absolute Gasteiger partial charge is 0.226 e. The summed E-state index contributed by atoms with van der Waals surface area (Å²) in [6, 6.07) is 0. The largest absolute Gasteiger partial charge is 0.335 e. The average Bonchev–Trinajstić information content (AvgIpc) is 2.01. The molecule has 13 heavy (non-hydrogen) atoms. The molecule has 0 N–H and O–H groups in total. The van der Waals surface area contributed by atoms with E-state index in [2.05, 4.69) is 13.2 Å². The fraction of sp³-hybridized carbons (Fsp3) is 0.545. The van der Waals surface area contributed by atoms with Gasteiger partial charge in [-0.2, -0.15) is 0 Å². The SMILES string of the molecule is C=CCN(CC=C)C(=O)C1CCC1. The van der Waals surface area contributed by atoms with Crippen molar-refractivity contribution in [3.8, 4) is 0 Å². The van der Waals surface area contributed by atoms with Crippen molar-refractivity contribution in [1.29, 1.82) is 0 Å². The van der Waals surface area contributed by atoms with Gasteiger partial charge in [-0.1, -0.05) is 18.6 Å². The van der Waals surface area contributed by atoms with Crippen LogP contribution < -0.4 is 0 Å². The molecule has 0 bridgehead atoms. The van der Waals surface area contributed by atoms with E-state index in [-0.39, 0.29) is 11.8 Å². The van der Waals surface area contributed by atoms with E-state index in [4.69, 9.17) is 0 Å². The van der Waals surface area contributed by atoms with Gasteiger partial charge in [-0.15, -0.1) is 13.2 Å². The third-order valence-corrected chi connectivity index (χ3v) is 2.47. The zero-order valence-corrected chi connectivity index (χ0v) is 8.04. The molecule has 0 heterocycles. The van der Waals surface area contributed by atoms with Crippen LogP contribution in [0.2, 0.25) is 0 Å². The van der Waals surface area contributed by atoms with Crippen molar-refractivity contribution in [2.45, 2.75) is 19.3 Å². The summed E-state index contributed by atoms with van der Waals surface area (Å²) in [5, 5.41) is 0. The van der Waals surface area contributed by atoms with E-state index < -0.39 is 0 Å². The van der Waals surface area contributed by atoms with E-state index >= 15 is 0 Å². The first kappa shape index (κ1) is 10.0. The van der Waals surface area contributed by atoms with Crippen LogP contribution in [0.15, 0.2) is 25.3 Å². The molecule has 1 amide bonds. The van der Waals surface area contributed by atoms with Gasteiger partial charge in [0.2, 0.25) is 5.91 Å². The Morgan fingerprint density at radius 1 is 1.31 bits per heavy atom. The monoisotopic (exact) mass is 179 g/mol. The zero-order valence-electron chi connectivity index (χ0n) is 8.04. The Morgan fingerprint density at radius 3 is 2.15 bits per heavy atom. The molecule has 0 aromatic carbocycles. The number of amides is 1. The minimum atomic E-state index is 0.269. The Hall–Kier alpha value is -1.05. The molecule has 0 radical (unpaired) electrons. The third kappa shape index (κ3) is 2.44. The highest BCUT2D eigenvalue weighted by atomic mass is 16.2. The summed E-state index contributed by atoms with van der Waals surface area (Å²) in [6.07, 6.45) is 6.85. The fourth-order valence-corrected chi connectivity index (χ4v) is 1.48. The molecule has 1 aliphatic rings. The molecule has 0 unspecified atom stereocenters. The molecule has 0 aliphatic heterocycles. The van der Waals surface area contributed by atoms with Crippen LogP contribution in [0.1, 0.15) is 19.3 Å². The minimum absolute atomic E-state index is 0.269. The normalized spacial score (nSPS) is 16.0. The van der Waals surface area contributed by atoms with Crippen LogP contribution in [0.4, 0.5) is 0 Å². The van der Waals surface area contributed by atoms with E-state index in [0.717, 1.165) is 12.8 Å². The number of hydrogen-bond donors (Lipinski definition) is 0. The second-order valence-corrected chi connectivity index (χ2v) is 3.45. The second-order valence-electron chi connectivity index (χ2n) is 3.45. The lowest BCUT2D eigenvalue weighted by Gasteiger charge is -2.30. The molecule has 0 saturated heterocycles. The molecular weight excluding hydrogens is 162 g/mol. The number of rotatable bonds is 5. The molecule has 0 spiro atoms. The topological polar surface area (TPSA) is 20.3 Å². The summed E-state index contributed by atoms with van der Waals surface area (Å²) >= 11 is 0. The van der Waals surface area contributed by atoms with Crippen LogP contribution in [-0.2, 0) is 4.79 Å². The van der Waals surface area contributed by atoms with Gasteiger partial charge in [-0.25, -0.2) is 0 Å². The molecule has 1 aliphatic carbocycles. The first-order valence-electron chi connectivity index (χ1n) is 4.80. The van der Waals surface area contributed by atoms with Crippen molar-refractivity contribution in [3.05, 3.63) is 25.3 Å². The molecule has 2 nitrogen and oxygen atoms in total. The lowest BCUT2D eigenvalue weighted by molar-refractivity contribution is -0.137. The van der Waals surface area contributed by atoms with Gasteiger partial charge in [0, 0.05) is 19.0 Å². The van der Waals surface area contributed by atoms with Gasteiger partial charge in [0.25, 0.3) is 0 Å². The standard InChI is InChI=1S/C11H17NO/c1-3-8-12(9-4-2)11(13)10-6-5-7-10/h3-4,10H,1-2,5-9H2. The fourth-order valence-electron chi connectivity index (χ4n) is 1.48. The van der Waals surface area contributed by atoms with E-state index in [1.54, 1.807) is 12.2 Å². The molecule has 1 saturated carbocycles. The maximum Gasteiger partial charge on any atom is 0.226 e. The second kappa shape index (κ2) is 4.85. The number of hydrogen-bond acceptors (Lipinski definition) is 1. The summed E-state index contributed by atoms with van der Waals surface area (Å²) in [4.78, 5) is 13.5. The van der Waals surface area contributed by atoms with E-state index in [0.29, 0.717) is 13.1 Å². The van der Waals surface area contributed by atoms with Crippen LogP contribution in [0.25, 0.3) is 0 Å². The Labute approximate surface area is 79.9 Å². The van der Waals surface area contributed by atoms with Crippen LogP contribution in [-0.4, -0.2) is 23.9 Å². The maximum atomic E-state index is 11.7. The van der Waals surface area contributed by atoms with Crippen molar-refractivity contribution in [1.82, 2.24) is 4.90 Å². The highest BCUT2D eigenvalue weighted by Gasteiger charge is 2.28. The molecule has 1 fully saturated rings. The molecular formula is C11H17NO. The lowest BCUT2D eigenvalue weighted by Crippen LogP contribution is -2.39. The minimum Gasteiger partial charge on any atom is -0.335 e. The van der Waals surface area contributed by atoms with Gasteiger partial charge >= 0.3 is 0 Å². The van der Waals surface area contributed by atoms with E-state index in [1.807, 2.05) is 4.90 Å². The van der Waals surface area contributed by atoms with Gasteiger partial charge < -0.3 is 4.90 Å².